The van der Waals surface area contributed by atoms with Gasteiger partial charge in [0.2, 0.25) is 11.8 Å². The number of hydrogen-bond acceptors (Lipinski definition) is 4. The molecular weight excluding hydrogens is 356 g/mol. The third kappa shape index (κ3) is 4.19. The minimum atomic E-state index is -0.795. The predicted octanol–water partition coefficient (Wildman–Crippen LogP) is 1.34. The van der Waals surface area contributed by atoms with Gasteiger partial charge in [0.15, 0.2) is 0 Å². The highest BCUT2D eigenvalue weighted by atomic mass is 35.5. The number of likely N-dealkylation sites (tertiary alicyclic amines) is 2. The summed E-state index contributed by atoms with van der Waals surface area (Å²) < 4.78 is 4.92. The van der Waals surface area contributed by atoms with E-state index in [0.717, 1.165) is 5.56 Å². The van der Waals surface area contributed by atoms with E-state index in [9.17, 15) is 14.7 Å². The minimum Gasteiger partial charge on any atom is -0.389 e. The van der Waals surface area contributed by atoms with Crippen molar-refractivity contribution in [2.24, 2.45) is 5.92 Å². The molecule has 7 heteroatoms. The Balaban J connectivity index is 1.63. The van der Waals surface area contributed by atoms with Gasteiger partial charge in [-0.25, -0.2) is 0 Å². The van der Waals surface area contributed by atoms with Gasteiger partial charge in [0.1, 0.15) is 6.61 Å². The first-order chi connectivity index (χ1) is 12.4. The monoisotopic (exact) mass is 380 g/mol. The fourth-order valence-electron chi connectivity index (χ4n) is 3.90. The van der Waals surface area contributed by atoms with Crippen molar-refractivity contribution in [1.29, 1.82) is 0 Å². The molecule has 1 aromatic rings. The first-order valence-electron chi connectivity index (χ1n) is 8.92. The molecule has 0 bridgehead atoms. The van der Waals surface area contributed by atoms with E-state index in [0.29, 0.717) is 44.0 Å². The van der Waals surface area contributed by atoms with Crippen LogP contribution >= 0.6 is 11.6 Å². The maximum Gasteiger partial charge on any atom is 0.248 e. The van der Waals surface area contributed by atoms with E-state index < -0.39 is 5.60 Å². The van der Waals surface area contributed by atoms with Crippen LogP contribution in [0.2, 0.25) is 5.02 Å². The zero-order valence-corrected chi connectivity index (χ0v) is 15.7. The molecule has 142 valence electrons. The van der Waals surface area contributed by atoms with E-state index in [-0.39, 0.29) is 30.8 Å². The highest BCUT2D eigenvalue weighted by Crippen LogP contribution is 2.35. The molecule has 2 atom stereocenters. The van der Waals surface area contributed by atoms with Gasteiger partial charge in [-0.1, -0.05) is 23.7 Å². The zero-order chi connectivity index (χ0) is 18.7. The molecule has 0 spiro atoms. The van der Waals surface area contributed by atoms with Crippen molar-refractivity contribution in [1.82, 2.24) is 9.80 Å². The van der Waals surface area contributed by atoms with E-state index in [4.69, 9.17) is 16.3 Å². The first kappa shape index (κ1) is 19.1. The van der Waals surface area contributed by atoms with E-state index in [1.165, 1.54) is 7.11 Å². The number of halogens is 1. The number of rotatable bonds is 4. The molecule has 2 fully saturated rings. The van der Waals surface area contributed by atoms with E-state index in [1.807, 2.05) is 12.1 Å². The number of amides is 2. The van der Waals surface area contributed by atoms with E-state index >= 15 is 0 Å². The van der Waals surface area contributed by atoms with Gasteiger partial charge in [0.25, 0.3) is 0 Å². The summed E-state index contributed by atoms with van der Waals surface area (Å²) in [6.45, 7) is 2.04. The Morgan fingerprint density at radius 1 is 1.23 bits per heavy atom. The molecule has 3 rings (SSSR count). The predicted molar refractivity (Wildman–Crippen MR) is 97.9 cm³/mol. The van der Waals surface area contributed by atoms with Gasteiger partial charge in [-0.3, -0.25) is 9.59 Å². The number of fused-ring (bicyclic) bond motifs is 1. The number of hydrogen-bond donors (Lipinski definition) is 1. The number of nitrogens with zero attached hydrogens (tertiary/aromatic N) is 2. The Morgan fingerprint density at radius 2 is 1.88 bits per heavy atom. The number of aliphatic hydroxyl groups is 1. The van der Waals surface area contributed by atoms with Gasteiger partial charge in [0, 0.05) is 44.2 Å². The third-order valence-corrected chi connectivity index (χ3v) is 5.72. The lowest BCUT2D eigenvalue weighted by Crippen LogP contribution is -2.61. The Bertz CT molecular complexity index is 683. The smallest absolute Gasteiger partial charge is 0.248 e. The average molecular weight is 381 g/mol. The number of carbonyl (C=O) groups is 2. The molecule has 2 aliphatic rings. The lowest BCUT2D eigenvalue weighted by molar-refractivity contribution is -0.155. The second-order valence-corrected chi connectivity index (χ2v) is 7.66. The molecule has 0 aromatic heterocycles. The fourth-order valence-corrected chi connectivity index (χ4v) is 4.12. The van der Waals surface area contributed by atoms with Crippen molar-refractivity contribution in [3.05, 3.63) is 34.9 Å². The van der Waals surface area contributed by atoms with Crippen LogP contribution in [0.4, 0.5) is 0 Å². The molecule has 0 unspecified atom stereocenters. The van der Waals surface area contributed by atoms with Crippen LogP contribution in [0.1, 0.15) is 18.4 Å². The molecule has 2 amide bonds. The van der Waals surface area contributed by atoms with Crippen LogP contribution in [0.3, 0.4) is 0 Å². The summed E-state index contributed by atoms with van der Waals surface area (Å²) in [5.41, 5.74) is 0.0836. The molecule has 2 aliphatic heterocycles. The largest absolute Gasteiger partial charge is 0.389 e. The highest BCUT2D eigenvalue weighted by molar-refractivity contribution is 6.30. The van der Waals surface area contributed by atoms with Gasteiger partial charge < -0.3 is 19.6 Å². The molecule has 2 heterocycles. The van der Waals surface area contributed by atoms with Gasteiger partial charge in [-0.2, -0.15) is 0 Å². The molecule has 1 aromatic carbocycles. The number of piperidine rings is 2. The topological polar surface area (TPSA) is 70.1 Å². The average Bonchev–Trinajstić information content (AvgIpc) is 2.60. The van der Waals surface area contributed by atoms with Crippen molar-refractivity contribution in [3.63, 3.8) is 0 Å². The highest BCUT2D eigenvalue weighted by Gasteiger charge is 2.46. The van der Waals surface area contributed by atoms with Crippen LogP contribution < -0.4 is 0 Å². The zero-order valence-electron chi connectivity index (χ0n) is 15.0. The summed E-state index contributed by atoms with van der Waals surface area (Å²) >= 11 is 5.99. The second-order valence-electron chi connectivity index (χ2n) is 7.22. The molecular formula is C19H25ClN2O4. The molecule has 2 saturated heterocycles. The normalized spacial score (nSPS) is 25.7. The summed E-state index contributed by atoms with van der Waals surface area (Å²) in [7, 11) is 1.50. The molecule has 0 aliphatic carbocycles. The van der Waals surface area contributed by atoms with Crippen molar-refractivity contribution in [2.75, 3.05) is 39.9 Å². The van der Waals surface area contributed by atoms with Crippen molar-refractivity contribution >= 4 is 23.4 Å². The van der Waals surface area contributed by atoms with Crippen LogP contribution in [0.15, 0.2) is 24.3 Å². The van der Waals surface area contributed by atoms with Gasteiger partial charge in [-0.15, -0.1) is 0 Å². The van der Waals surface area contributed by atoms with Crippen molar-refractivity contribution in [3.8, 4) is 0 Å². The molecule has 0 radical (unpaired) electrons. The van der Waals surface area contributed by atoms with Crippen LogP contribution in [0.5, 0.6) is 0 Å². The summed E-state index contributed by atoms with van der Waals surface area (Å²) in [5.74, 6) is -0.180. The minimum absolute atomic E-state index is 0.0228. The van der Waals surface area contributed by atoms with Crippen molar-refractivity contribution < 1.29 is 19.4 Å². The van der Waals surface area contributed by atoms with Crippen LogP contribution in [-0.2, 0) is 20.7 Å². The molecule has 26 heavy (non-hydrogen) atoms. The Labute approximate surface area is 158 Å². The quantitative estimate of drug-likeness (QED) is 0.855. The SMILES string of the molecule is COCC(=O)N1CC[C@]2(O)CCN(C(=O)Cc3cccc(Cl)c3)C[C@@H]2C1. The lowest BCUT2D eigenvalue weighted by Gasteiger charge is -2.50. The van der Waals surface area contributed by atoms with Gasteiger partial charge in [0.05, 0.1) is 12.0 Å². The molecule has 1 N–H and O–H groups in total. The van der Waals surface area contributed by atoms with Crippen LogP contribution in [0, 0.1) is 5.92 Å². The molecule has 6 nitrogen and oxygen atoms in total. The third-order valence-electron chi connectivity index (χ3n) is 5.49. The maximum absolute atomic E-state index is 12.7. The van der Waals surface area contributed by atoms with E-state index in [1.54, 1.807) is 21.9 Å². The Hall–Kier alpha value is -1.63. The molecule has 0 saturated carbocycles. The standard InChI is InChI=1S/C19H25ClN2O4/c1-26-13-18(24)22-8-6-19(25)5-7-21(11-15(19)12-22)17(23)10-14-3-2-4-16(20)9-14/h2-4,9,15,25H,5-8,10-13H2,1H3/t15-,19-/m1/s1. The maximum atomic E-state index is 12.7. The Morgan fingerprint density at radius 3 is 2.50 bits per heavy atom. The number of carbonyl (C=O) groups excluding carboxylic acids is 2. The number of ether oxygens (including phenoxy) is 1. The summed E-state index contributed by atoms with van der Waals surface area (Å²) in [4.78, 5) is 28.3. The van der Waals surface area contributed by atoms with Gasteiger partial charge in [-0.05, 0) is 30.5 Å². The second kappa shape index (κ2) is 7.94. The number of methoxy groups -OCH3 is 1. The fraction of sp³-hybridized carbons (Fsp3) is 0.579. The summed E-state index contributed by atoms with van der Waals surface area (Å²) in [6.07, 6.45) is 1.38. The summed E-state index contributed by atoms with van der Waals surface area (Å²) in [5, 5.41) is 11.5. The van der Waals surface area contributed by atoms with Gasteiger partial charge >= 0.3 is 0 Å². The van der Waals surface area contributed by atoms with Crippen molar-refractivity contribution in [2.45, 2.75) is 24.9 Å². The lowest BCUT2D eigenvalue weighted by atomic mass is 9.75. The van der Waals surface area contributed by atoms with Crippen LogP contribution in [-0.4, -0.2) is 72.2 Å². The number of benzene rings is 1. The first-order valence-corrected chi connectivity index (χ1v) is 9.30. The van der Waals surface area contributed by atoms with Crippen LogP contribution in [0.25, 0.3) is 0 Å². The summed E-state index contributed by atoms with van der Waals surface area (Å²) in [6, 6.07) is 7.30. The Kier molecular flexibility index (Phi) is 5.85. The van der Waals surface area contributed by atoms with E-state index in [2.05, 4.69) is 0 Å².